The second kappa shape index (κ2) is 5.47. The first-order valence-corrected chi connectivity index (χ1v) is 6.29. The summed E-state index contributed by atoms with van der Waals surface area (Å²) in [5.41, 5.74) is 5.64. The summed E-state index contributed by atoms with van der Waals surface area (Å²) in [4.78, 5) is 22.0. The van der Waals surface area contributed by atoms with E-state index in [1.54, 1.807) is 0 Å². The number of anilines is 1. The highest BCUT2D eigenvalue weighted by atomic mass is 32.2. The fourth-order valence-corrected chi connectivity index (χ4v) is 1.36. The molecule has 0 radical (unpaired) electrons. The zero-order valence-electron chi connectivity index (χ0n) is 9.08. The number of primary amides is 1. The van der Waals surface area contributed by atoms with Crippen molar-refractivity contribution in [2.45, 2.75) is 0 Å². The van der Waals surface area contributed by atoms with Crippen LogP contribution in [0.15, 0.2) is 24.3 Å². The molecule has 1 rings (SSSR count). The van der Waals surface area contributed by atoms with Crippen LogP contribution in [0.25, 0.3) is 0 Å². The monoisotopic (exact) mass is 273 g/mol. The van der Waals surface area contributed by atoms with Gasteiger partial charge in [0.15, 0.2) is 0 Å². The van der Waals surface area contributed by atoms with Crippen molar-refractivity contribution in [1.82, 2.24) is 5.32 Å². The van der Waals surface area contributed by atoms with Crippen molar-refractivity contribution in [1.29, 1.82) is 0 Å². The molecule has 0 bridgehead atoms. The van der Waals surface area contributed by atoms with Crippen LogP contribution in [0.1, 0.15) is 10.4 Å². The summed E-state index contributed by atoms with van der Waals surface area (Å²) < 4.78 is 29.1. The zero-order valence-corrected chi connectivity index (χ0v) is 9.90. The van der Waals surface area contributed by atoms with Gasteiger partial charge in [-0.05, 0) is 24.3 Å². The van der Waals surface area contributed by atoms with E-state index in [2.05, 4.69) is 5.32 Å². The molecule has 0 atom stereocenters. The molecule has 0 heterocycles. The molecule has 0 fully saturated rings. The highest BCUT2D eigenvalue weighted by Crippen LogP contribution is 2.08. The number of nitrogens with two attached hydrogens (primary N) is 1. The van der Waals surface area contributed by atoms with Gasteiger partial charge in [-0.15, -0.1) is 0 Å². The molecule has 0 saturated carbocycles. The van der Waals surface area contributed by atoms with Crippen molar-refractivity contribution in [3.63, 3.8) is 0 Å². The lowest BCUT2D eigenvalue weighted by atomic mass is 10.2. The standard InChI is InChI=1S/C9H11N3O5S/c10-8(13)6-1-3-7(4-2-6)12-9(14)11-5-18(15,16)17/h1-4H,5H2,(H2,10,13)(H2,11,12,14)(H,15,16,17). The maximum Gasteiger partial charge on any atom is 0.320 e. The van der Waals surface area contributed by atoms with Gasteiger partial charge in [0.25, 0.3) is 10.1 Å². The average Bonchev–Trinajstić information content (AvgIpc) is 2.26. The van der Waals surface area contributed by atoms with Crippen molar-refractivity contribution < 1.29 is 22.6 Å². The van der Waals surface area contributed by atoms with E-state index in [0.29, 0.717) is 5.69 Å². The van der Waals surface area contributed by atoms with Crippen molar-refractivity contribution in [2.75, 3.05) is 11.2 Å². The van der Waals surface area contributed by atoms with Crippen LogP contribution in [-0.4, -0.2) is 30.8 Å². The Bertz CT molecular complexity index is 552. The predicted molar refractivity (Wildman–Crippen MR) is 63.5 cm³/mol. The van der Waals surface area contributed by atoms with E-state index in [4.69, 9.17) is 10.3 Å². The molecule has 0 saturated heterocycles. The Hall–Kier alpha value is -2.13. The summed E-state index contributed by atoms with van der Waals surface area (Å²) in [6.07, 6.45) is 0. The highest BCUT2D eigenvalue weighted by molar-refractivity contribution is 7.85. The molecular weight excluding hydrogens is 262 g/mol. The van der Waals surface area contributed by atoms with Crippen LogP contribution in [0.4, 0.5) is 10.5 Å². The van der Waals surface area contributed by atoms with Gasteiger partial charge in [-0.25, -0.2) is 4.79 Å². The SMILES string of the molecule is NC(=O)c1ccc(NC(=O)NCS(=O)(=O)O)cc1. The Morgan fingerprint density at radius 1 is 1.22 bits per heavy atom. The molecule has 0 aliphatic carbocycles. The van der Waals surface area contributed by atoms with Gasteiger partial charge in [-0.2, -0.15) is 8.42 Å². The molecule has 3 amide bonds. The fraction of sp³-hybridized carbons (Fsp3) is 0.111. The number of nitrogens with one attached hydrogen (secondary N) is 2. The Balaban J connectivity index is 2.57. The maximum absolute atomic E-state index is 11.2. The van der Waals surface area contributed by atoms with Crippen molar-refractivity contribution in [2.24, 2.45) is 5.73 Å². The summed E-state index contributed by atoms with van der Waals surface area (Å²) in [6.45, 7) is 0. The third kappa shape index (κ3) is 4.80. The van der Waals surface area contributed by atoms with Crippen LogP contribution in [0.5, 0.6) is 0 Å². The van der Waals surface area contributed by atoms with Gasteiger partial charge in [0.1, 0.15) is 5.88 Å². The second-order valence-corrected chi connectivity index (χ2v) is 4.75. The average molecular weight is 273 g/mol. The van der Waals surface area contributed by atoms with Crippen LogP contribution < -0.4 is 16.4 Å². The number of carbonyl (C=O) groups is 2. The zero-order chi connectivity index (χ0) is 13.8. The minimum absolute atomic E-state index is 0.277. The first kappa shape index (κ1) is 13.9. The molecule has 1 aromatic carbocycles. The molecule has 98 valence electrons. The summed E-state index contributed by atoms with van der Waals surface area (Å²) >= 11 is 0. The molecule has 18 heavy (non-hydrogen) atoms. The Morgan fingerprint density at radius 2 is 1.78 bits per heavy atom. The topological polar surface area (TPSA) is 139 Å². The van der Waals surface area contributed by atoms with Gasteiger partial charge < -0.3 is 16.4 Å². The van der Waals surface area contributed by atoms with E-state index >= 15 is 0 Å². The first-order valence-electron chi connectivity index (χ1n) is 4.68. The third-order valence-electron chi connectivity index (χ3n) is 1.84. The molecule has 1 aromatic rings. The van der Waals surface area contributed by atoms with Crippen molar-refractivity contribution in [3.8, 4) is 0 Å². The smallest absolute Gasteiger partial charge is 0.320 e. The molecule has 0 aliphatic rings. The molecular formula is C9H11N3O5S. The van der Waals surface area contributed by atoms with Crippen LogP contribution in [-0.2, 0) is 10.1 Å². The van der Waals surface area contributed by atoms with Crippen molar-refractivity contribution in [3.05, 3.63) is 29.8 Å². The molecule has 0 spiro atoms. The van der Waals surface area contributed by atoms with Crippen LogP contribution >= 0.6 is 0 Å². The van der Waals surface area contributed by atoms with Gasteiger partial charge in [-0.1, -0.05) is 0 Å². The van der Waals surface area contributed by atoms with Crippen LogP contribution in [0.2, 0.25) is 0 Å². The van der Waals surface area contributed by atoms with E-state index < -0.39 is 27.9 Å². The maximum atomic E-state index is 11.2. The van der Waals surface area contributed by atoms with Crippen LogP contribution in [0.3, 0.4) is 0 Å². The highest BCUT2D eigenvalue weighted by Gasteiger charge is 2.08. The van der Waals surface area contributed by atoms with E-state index in [-0.39, 0.29) is 5.56 Å². The van der Waals surface area contributed by atoms with Gasteiger partial charge in [0.05, 0.1) is 0 Å². The van der Waals surface area contributed by atoms with Gasteiger partial charge >= 0.3 is 6.03 Å². The number of carbonyl (C=O) groups excluding carboxylic acids is 2. The van der Waals surface area contributed by atoms with E-state index in [0.717, 1.165) is 0 Å². The number of hydrogen-bond acceptors (Lipinski definition) is 4. The number of urea groups is 1. The minimum atomic E-state index is -4.26. The third-order valence-corrected chi connectivity index (χ3v) is 2.35. The van der Waals surface area contributed by atoms with E-state index in [1.807, 2.05) is 5.32 Å². The van der Waals surface area contributed by atoms with E-state index in [9.17, 15) is 18.0 Å². The Morgan fingerprint density at radius 3 is 2.22 bits per heavy atom. The normalized spacial score (nSPS) is 10.7. The van der Waals surface area contributed by atoms with Crippen molar-refractivity contribution >= 4 is 27.7 Å². The number of amides is 3. The Labute approximate surface area is 103 Å². The minimum Gasteiger partial charge on any atom is -0.366 e. The largest absolute Gasteiger partial charge is 0.366 e. The van der Waals surface area contributed by atoms with E-state index in [1.165, 1.54) is 24.3 Å². The predicted octanol–water partition coefficient (Wildman–Crippen LogP) is -0.248. The number of benzene rings is 1. The lowest BCUT2D eigenvalue weighted by Gasteiger charge is -2.06. The summed E-state index contributed by atoms with van der Waals surface area (Å²) in [5, 5.41) is 4.23. The molecule has 0 aromatic heterocycles. The quantitative estimate of drug-likeness (QED) is 0.560. The molecule has 8 nitrogen and oxygen atoms in total. The van der Waals surface area contributed by atoms with Gasteiger partial charge in [0, 0.05) is 11.3 Å². The Kier molecular flexibility index (Phi) is 4.23. The number of hydrogen-bond donors (Lipinski definition) is 4. The molecule has 5 N–H and O–H groups in total. The van der Waals surface area contributed by atoms with Crippen LogP contribution in [0, 0.1) is 0 Å². The fourth-order valence-electron chi connectivity index (χ4n) is 1.05. The lowest BCUT2D eigenvalue weighted by Crippen LogP contribution is -2.33. The summed E-state index contributed by atoms with van der Waals surface area (Å²) in [6, 6.07) is 4.85. The summed E-state index contributed by atoms with van der Waals surface area (Å²) in [7, 11) is -4.26. The first-order chi connectivity index (χ1) is 8.28. The molecule has 9 heteroatoms. The second-order valence-electron chi connectivity index (χ2n) is 3.30. The summed E-state index contributed by atoms with van der Waals surface area (Å²) in [5.74, 6) is -1.49. The van der Waals surface area contributed by atoms with Gasteiger partial charge in [-0.3, -0.25) is 9.35 Å². The number of rotatable bonds is 4. The molecule has 0 aliphatic heterocycles. The lowest BCUT2D eigenvalue weighted by molar-refractivity contribution is 0.100. The molecule has 0 unspecified atom stereocenters. The van der Waals surface area contributed by atoms with Gasteiger partial charge in [0.2, 0.25) is 5.91 Å².